The molecule has 6 rings (SSSR count). The van der Waals surface area contributed by atoms with Crippen LogP contribution in [0, 0.1) is 49.0 Å². The van der Waals surface area contributed by atoms with Gasteiger partial charge in [-0.05, 0) is 0 Å². The third kappa shape index (κ3) is 7.86. The molecule has 0 saturated heterocycles. The standard InChI is InChI=1S/2C17H18F2NO2S.2C5H5.Ti/c2*1-12(2)11-20(17-9-6-14(18)10-16(17)19)23(21,22)15-7-4-13(3)5-8-15;2*1-2-4-5-3-1;/h2*4-9,12H,11H2,1-3H3;2*1-5H;. The molecule has 0 amide bonds. The topological polar surface area (TPSA) is 74.8 Å². The van der Waals surface area contributed by atoms with E-state index in [1.165, 1.54) is 24.3 Å². The number of nitrogens with zero attached hydrogens (tertiary/aromatic N) is 2. The Morgan fingerprint density at radius 2 is 0.842 bits per heavy atom. The predicted octanol–water partition coefficient (Wildman–Crippen LogP) is 9.50. The van der Waals surface area contributed by atoms with Crippen LogP contribution in [0.3, 0.4) is 0 Å². The second-order valence-electron chi connectivity index (χ2n) is 15.5. The number of benzene rings is 4. The molecular formula is C44H46F4N2O4S2Ti. The van der Waals surface area contributed by atoms with Gasteiger partial charge >= 0.3 is 339 Å². The quantitative estimate of drug-likeness (QED) is 0.0937. The minimum absolute atomic E-state index is 0.111. The Balaban J connectivity index is 1.70. The number of hydrogen-bond donors (Lipinski definition) is 0. The zero-order chi connectivity index (χ0) is 41.4. The van der Waals surface area contributed by atoms with Gasteiger partial charge in [-0.3, -0.25) is 0 Å². The molecule has 0 bridgehead atoms. The Kier molecular flexibility index (Phi) is 12.3. The number of allylic oxidation sites excluding steroid dienone is 8. The number of rotatable bonds is 14. The van der Waals surface area contributed by atoms with E-state index in [1.54, 1.807) is 114 Å². The van der Waals surface area contributed by atoms with Gasteiger partial charge in [0, 0.05) is 0 Å². The first-order valence-electron chi connectivity index (χ1n) is 18.8. The van der Waals surface area contributed by atoms with Crippen molar-refractivity contribution in [3.63, 3.8) is 0 Å². The summed E-state index contributed by atoms with van der Waals surface area (Å²) in [6.45, 7) is 10.2. The predicted molar refractivity (Wildman–Crippen MR) is 217 cm³/mol. The second-order valence-corrected chi connectivity index (χ2v) is 25.5. The van der Waals surface area contributed by atoms with E-state index in [4.69, 9.17) is 0 Å². The third-order valence-corrected chi connectivity index (χ3v) is 22.4. The van der Waals surface area contributed by atoms with Crippen molar-refractivity contribution in [2.75, 3.05) is 21.7 Å². The minimum atomic E-state index is -5.51. The van der Waals surface area contributed by atoms with Gasteiger partial charge in [0.25, 0.3) is 0 Å². The average Bonchev–Trinajstić information content (AvgIpc) is 3.89. The van der Waals surface area contributed by atoms with Crippen LogP contribution in [0.2, 0.25) is 8.45 Å². The summed E-state index contributed by atoms with van der Waals surface area (Å²) < 4.78 is 126. The Morgan fingerprint density at radius 3 is 1.14 bits per heavy atom. The van der Waals surface area contributed by atoms with Crippen molar-refractivity contribution >= 4 is 39.2 Å². The summed E-state index contributed by atoms with van der Waals surface area (Å²) in [4.78, 5) is -0.222. The summed E-state index contributed by atoms with van der Waals surface area (Å²) in [5.41, 5.74) is 0.677. The van der Waals surface area contributed by atoms with E-state index >= 15 is 17.6 Å². The maximum absolute atomic E-state index is 18.0. The van der Waals surface area contributed by atoms with Crippen molar-refractivity contribution < 1.29 is 51.0 Å². The summed E-state index contributed by atoms with van der Waals surface area (Å²) in [6.07, 6.45) is 13.2. The summed E-state index contributed by atoms with van der Waals surface area (Å²) in [6, 6.07) is 16.1. The Morgan fingerprint density at radius 1 is 0.526 bits per heavy atom. The Bertz CT molecular complexity index is 2300. The van der Waals surface area contributed by atoms with E-state index in [0.29, 0.717) is 0 Å². The van der Waals surface area contributed by atoms with Crippen LogP contribution in [0.5, 0.6) is 0 Å². The fourth-order valence-corrected chi connectivity index (χ4v) is 19.7. The van der Waals surface area contributed by atoms with E-state index in [1.807, 2.05) is 0 Å². The molecule has 57 heavy (non-hydrogen) atoms. The number of halogens is 4. The molecule has 6 nitrogen and oxygen atoms in total. The molecule has 4 aromatic rings. The van der Waals surface area contributed by atoms with Gasteiger partial charge in [-0.1, -0.05) is 0 Å². The third-order valence-electron chi connectivity index (χ3n) is 10.3. The normalized spacial score (nSPS) is 14.8. The molecule has 0 saturated carbocycles. The van der Waals surface area contributed by atoms with Crippen LogP contribution in [0.1, 0.15) is 38.8 Å². The number of hydrogen-bond acceptors (Lipinski definition) is 4. The molecule has 0 heterocycles. The molecule has 13 heteroatoms. The molecule has 0 spiro atoms. The SMILES string of the molecule is Cc1ccc(S(=O)(=O)N(CC(C)C)c2ccc(F)[c]([Ti]([c]3c(F)ccc(N(CC(C)C)S(=O)(=O)c4ccc(C)cc4)c3F)([CH]3C=CC=C3)[CH]3C=CC=C3)c2F)cc1. The van der Waals surface area contributed by atoms with Gasteiger partial charge in [0.05, 0.1) is 0 Å². The molecule has 0 fully saturated rings. The molecule has 2 aliphatic carbocycles. The van der Waals surface area contributed by atoms with E-state index in [9.17, 15) is 16.8 Å². The second kappa shape index (κ2) is 16.6. The van der Waals surface area contributed by atoms with Crippen LogP contribution < -0.4 is 16.3 Å². The van der Waals surface area contributed by atoms with Crippen molar-refractivity contribution in [1.82, 2.24) is 0 Å². The summed E-state index contributed by atoms with van der Waals surface area (Å²) in [5, 5.41) is 0. The number of anilines is 2. The molecule has 0 atom stereocenters. The van der Waals surface area contributed by atoms with E-state index in [2.05, 4.69) is 0 Å². The van der Waals surface area contributed by atoms with E-state index in [0.717, 1.165) is 44.0 Å². The van der Waals surface area contributed by atoms with Crippen LogP contribution in [0.4, 0.5) is 28.9 Å². The molecule has 300 valence electrons. The van der Waals surface area contributed by atoms with Gasteiger partial charge in [-0.15, -0.1) is 0 Å². The maximum atomic E-state index is 18.0. The van der Waals surface area contributed by atoms with Gasteiger partial charge in [0.1, 0.15) is 0 Å². The molecule has 0 radical (unpaired) electrons. The van der Waals surface area contributed by atoms with Crippen molar-refractivity contribution in [3.8, 4) is 0 Å². The summed E-state index contributed by atoms with van der Waals surface area (Å²) >= 11 is -5.51. The molecule has 0 aliphatic heterocycles. The summed E-state index contributed by atoms with van der Waals surface area (Å²) in [7, 11) is -8.89. The van der Waals surface area contributed by atoms with E-state index < -0.39 is 87.5 Å². The molecule has 4 aromatic carbocycles. The first-order valence-corrected chi connectivity index (χ1v) is 25.0. The zero-order valence-corrected chi connectivity index (χ0v) is 35.8. The Labute approximate surface area is 337 Å². The molecule has 0 aromatic heterocycles. The van der Waals surface area contributed by atoms with Crippen LogP contribution in [0.25, 0.3) is 0 Å². The van der Waals surface area contributed by atoms with Crippen molar-refractivity contribution in [3.05, 3.63) is 156 Å². The first kappa shape index (κ1) is 42.4. The monoisotopic (exact) mass is 854 g/mol. The van der Waals surface area contributed by atoms with Gasteiger partial charge in [0.15, 0.2) is 0 Å². The fourth-order valence-electron chi connectivity index (χ4n) is 7.70. The molecule has 0 unspecified atom stereocenters. The summed E-state index contributed by atoms with van der Waals surface area (Å²) in [5.74, 6) is -5.31. The molecular weight excluding hydrogens is 808 g/mol. The molecule has 0 N–H and O–H groups in total. The van der Waals surface area contributed by atoms with Crippen molar-refractivity contribution in [1.29, 1.82) is 0 Å². The average molecular weight is 855 g/mol. The Hall–Kier alpha value is -4.23. The first-order chi connectivity index (χ1) is 26.9. The zero-order valence-electron chi connectivity index (χ0n) is 32.6. The van der Waals surface area contributed by atoms with Crippen LogP contribution >= 0.6 is 0 Å². The fraction of sp³-hybridized carbons (Fsp3) is 0.273. The van der Waals surface area contributed by atoms with Gasteiger partial charge in [0.2, 0.25) is 0 Å². The van der Waals surface area contributed by atoms with Gasteiger partial charge in [-0.25, -0.2) is 0 Å². The van der Waals surface area contributed by atoms with Crippen LogP contribution in [-0.4, -0.2) is 29.9 Å². The van der Waals surface area contributed by atoms with Crippen molar-refractivity contribution in [2.24, 2.45) is 11.8 Å². The van der Waals surface area contributed by atoms with Crippen LogP contribution in [-0.2, 0) is 36.6 Å². The number of aryl methyl sites for hydroxylation is 2. The van der Waals surface area contributed by atoms with E-state index in [-0.39, 0.29) is 34.7 Å². The van der Waals surface area contributed by atoms with Gasteiger partial charge < -0.3 is 0 Å². The van der Waals surface area contributed by atoms with Crippen molar-refractivity contribution in [2.45, 2.75) is 59.8 Å². The van der Waals surface area contributed by atoms with Gasteiger partial charge in [-0.2, -0.15) is 0 Å². The van der Waals surface area contributed by atoms with Crippen LogP contribution in [0.15, 0.2) is 131 Å². The number of sulfonamides is 2. The molecule has 2 aliphatic rings.